The maximum Gasteiger partial charge on any atom is 0.0634 e. The molecule has 1 rings (SSSR count). The van der Waals surface area contributed by atoms with Gasteiger partial charge in [0.1, 0.15) is 0 Å². The summed E-state index contributed by atoms with van der Waals surface area (Å²) in [7, 11) is 0. The van der Waals surface area contributed by atoms with Gasteiger partial charge < -0.3 is 10.2 Å². The summed E-state index contributed by atoms with van der Waals surface area (Å²) < 4.78 is 0. The van der Waals surface area contributed by atoms with Crippen molar-refractivity contribution in [3.63, 3.8) is 0 Å². The molecule has 0 aromatic rings. The lowest BCUT2D eigenvalue weighted by Gasteiger charge is -2.45. The second kappa shape index (κ2) is 8.69. The molecule has 0 aliphatic heterocycles. The first-order valence-corrected chi connectivity index (χ1v) is 8.55. The molecule has 0 heterocycles. The number of aliphatic hydroxyl groups excluding tert-OH is 2. The van der Waals surface area contributed by atoms with Gasteiger partial charge in [-0.3, -0.25) is 0 Å². The van der Waals surface area contributed by atoms with Crippen LogP contribution in [-0.4, -0.2) is 22.9 Å². The lowest BCUT2D eigenvalue weighted by molar-refractivity contribution is -0.0112. The summed E-state index contributed by atoms with van der Waals surface area (Å²) in [5.41, 5.74) is 3.95. The Bertz CT molecular complexity index is 441. The highest BCUT2D eigenvalue weighted by Gasteiger charge is 2.42. The highest BCUT2D eigenvalue weighted by molar-refractivity contribution is 5.17. The third-order valence-electron chi connectivity index (χ3n) is 5.27. The Morgan fingerprint density at radius 3 is 2.59 bits per heavy atom. The molecule has 0 saturated heterocycles. The lowest BCUT2D eigenvalue weighted by atomic mass is 9.62. The molecule has 0 spiro atoms. The van der Waals surface area contributed by atoms with Crippen molar-refractivity contribution >= 4 is 0 Å². The zero-order valence-electron chi connectivity index (χ0n) is 15.0. The van der Waals surface area contributed by atoms with Crippen LogP contribution in [-0.2, 0) is 0 Å². The van der Waals surface area contributed by atoms with Gasteiger partial charge in [0.05, 0.1) is 12.7 Å². The Morgan fingerprint density at radius 1 is 1.32 bits per heavy atom. The van der Waals surface area contributed by atoms with Gasteiger partial charge in [0.2, 0.25) is 0 Å². The molecule has 2 N–H and O–H groups in total. The minimum absolute atomic E-state index is 0.0513. The SMILES string of the molecule is CC(C)=CCC[C@@]1(C)[C@H](O)CC=C(C)[C@@H]1CC/C(C)=C\CO. The van der Waals surface area contributed by atoms with E-state index in [4.69, 9.17) is 5.11 Å². The van der Waals surface area contributed by atoms with Gasteiger partial charge in [-0.1, -0.05) is 41.9 Å². The van der Waals surface area contributed by atoms with Gasteiger partial charge in [-0.05, 0) is 65.7 Å². The molecule has 0 saturated carbocycles. The number of allylic oxidation sites excluding steroid dienone is 4. The van der Waals surface area contributed by atoms with E-state index in [1.54, 1.807) is 0 Å². The number of aliphatic hydroxyl groups is 2. The molecule has 0 aromatic heterocycles. The largest absolute Gasteiger partial charge is 0.392 e. The van der Waals surface area contributed by atoms with E-state index >= 15 is 0 Å². The van der Waals surface area contributed by atoms with Crippen LogP contribution in [0.2, 0.25) is 0 Å². The zero-order valence-corrected chi connectivity index (χ0v) is 15.0. The van der Waals surface area contributed by atoms with Crippen molar-refractivity contribution in [1.29, 1.82) is 0 Å². The van der Waals surface area contributed by atoms with Crippen LogP contribution < -0.4 is 0 Å². The van der Waals surface area contributed by atoms with Crippen LogP contribution in [0.15, 0.2) is 34.9 Å². The number of hydrogen-bond donors (Lipinski definition) is 2. The molecule has 0 aromatic carbocycles. The molecule has 0 amide bonds. The highest BCUT2D eigenvalue weighted by atomic mass is 16.3. The predicted octanol–water partition coefficient (Wildman–Crippen LogP) is 4.79. The predicted molar refractivity (Wildman–Crippen MR) is 94.7 cm³/mol. The number of hydrogen-bond acceptors (Lipinski definition) is 2. The van der Waals surface area contributed by atoms with E-state index in [-0.39, 0.29) is 18.1 Å². The Kier molecular flexibility index (Phi) is 7.58. The van der Waals surface area contributed by atoms with E-state index < -0.39 is 0 Å². The molecule has 1 aliphatic carbocycles. The van der Waals surface area contributed by atoms with Gasteiger partial charge >= 0.3 is 0 Å². The minimum Gasteiger partial charge on any atom is -0.392 e. The second-order valence-electron chi connectivity index (χ2n) is 7.35. The molecule has 3 atom stereocenters. The van der Waals surface area contributed by atoms with Gasteiger partial charge in [-0.2, -0.15) is 0 Å². The quantitative estimate of drug-likeness (QED) is 0.664. The Hall–Kier alpha value is -0.860. The smallest absolute Gasteiger partial charge is 0.0634 e. The molecular weight excluding hydrogens is 272 g/mol. The average Bonchev–Trinajstić information content (AvgIpc) is 2.43. The summed E-state index contributed by atoms with van der Waals surface area (Å²) in [4.78, 5) is 0. The monoisotopic (exact) mass is 306 g/mol. The lowest BCUT2D eigenvalue weighted by Crippen LogP contribution is -2.42. The van der Waals surface area contributed by atoms with E-state index in [1.807, 2.05) is 6.08 Å². The molecule has 0 bridgehead atoms. The van der Waals surface area contributed by atoms with Crippen LogP contribution in [0.3, 0.4) is 0 Å². The molecule has 2 nitrogen and oxygen atoms in total. The Balaban J connectivity index is 2.86. The summed E-state index contributed by atoms with van der Waals surface area (Å²) >= 11 is 0. The number of rotatable bonds is 7. The van der Waals surface area contributed by atoms with Crippen LogP contribution in [0, 0.1) is 11.3 Å². The first-order chi connectivity index (χ1) is 10.3. The van der Waals surface area contributed by atoms with Gasteiger partial charge in [0.15, 0.2) is 0 Å². The van der Waals surface area contributed by atoms with Gasteiger partial charge in [0, 0.05) is 5.41 Å². The zero-order chi connectivity index (χ0) is 16.8. The van der Waals surface area contributed by atoms with Crippen molar-refractivity contribution in [3.8, 4) is 0 Å². The van der Waals surface area contributed by atoms with Crippen molar-refractivity contribution in [1.82, 2.24) is 0 Å². The third kappa shape index (κ3) is 5.10. The Morgan fingerprint density at radius 2 is 2.00 bits per heavy atom. The summed E-state index contributed by atoms with van der Waals surface area (Å²) in [6.07, 6.45) is 11.0. The summed E-state index contributed by atoms with van der Waals surface area (Å²) in [5.74, 6) is 0.420. The molecule has 126 valence electrons. The van der Waals surface area contributed by atoms with Crippen molar-refractivity contribution in [2.45, 2.75) is 72.8 Å². The average molecular weight is 306 g/mol. The van der Waals surface area contributed by atoms with Crippen molar-refractivity contribution < 1.29 is 10.2 Å². The third-order valence-corrected chi connectivity index (χ3v) is 5.27. The fourth-order valence-electron chi connectivity index (χ4n) is 3.66. The van der Waals surface area contributed by atoms with E-state index in [0.29, 0.717) is 5.92 Å². The van der Waals surface area contributed by atoms with Crippen LogP contribution in [0.5, 0.6) is 0 Å². The van der Waals surface area contributed by atoms with Crippen molar-refractivity contribution in [2.75, 3.05) is 6.61 Å². The van der Waals surface area contributed by atoms with Gasteiger partial charge in [-0.25, -0.2) is 0 Å². The first kappa shape index (κ1) is 19.2. The fraction of sp³-hybridized carbons (Fsp3) is 0.700. The minimum atomic E-state index is -0.256. The highest BCUT2D eigenvalue weighted by Crippen LogP contribution is 2.47. The fourth-order valence-corrected chi connectivity index (χ4v) is 3.66. The first-order valence-electron chi connectivity index (χ1n) is 8.55. The molecule has 22 heavy (non-hydrogen) atoms. The maximum atomic E-state index is 10.6. The van der Waals surface area contributed by atoms with Crippen molar-refractivity contribution in [3.05, 3.63) is 34.9 Å². The second-order valence-corrected chi connectivity index (χ2v) is 7.35. The maximum absolute atomic E-state index is 10.6. The van der Waals surface area contributed by atoms with Gasteiger partial charge in [-0.15, -0.1) is 0 Å². The molecular formula is C20H34O2. The van der Waals surface area contributed by atoms with Crippen LogP contribution in [0.25, 0.3) is 0 Å². The molecule has 2 heteroatoms. The van der Waals surface area contributed by atoms with Crippen molar-refractivity contribution in [2.24, 2.45) is 11.3 Å². The molecule has 0 radical (unpaired) electrons. The molecule has 1 aliphatic rings. The van der Waals surface area contributed by atoms with Gasteiger partial charge in [0.25, 0.3) is 0 Å². The summed E-state index contributed by atoms with van der Waals surface area (Å²) in [5, 5.41) is 19.6. The van der Waals surface area contributed by atoms with E-state index in [9.17, 15) is 5.11 Å². The van der Waals surface area contributed by atoms with E-state index in [1.165, 1.54) is 16.7 Å². The van der Waals surface area contributed by atoms with E-state index in [0.717, 1.165) is 32.1 Å². The topological polar surface area (TPSA) is 40.5 Å². The van der Waals surface area contributed by atoms with Crippen LogP contribution >= 0.6 is 0 Å². The van der Waals surface area contributed by atoms with Crippen LogP contribution in [0.4, 0.5) is 0 Å². The molecule has 0 unspecified atom stereocenters. The normalized spacial score (nSPS) is 29.2. The summed E-state index contributed by atoms with van der Waals surface area (Å²) in [6.45, 7) is 10.9. The van der Waals surface area contributed by atoms with Crippen LogP contribution in [0.1, 0.15) is 66.7 Å². The summed E-state index contributed by atoms with van der Waals surface area (Å²) in [6, 6.07) is 0. The Labute approximate surface area is 136 Å². The standard InChI is InChI=1S/C20H34O2/c1-15(2)7-6-13-20(5)18(10-8-16(3)12-14-21)17(4)9-11-19(20)22/h7,9,12,18-19,21-22H,6,8,10-11,13-14H2,1-5H3/b16-12-/t18-,19+,20+/m0/s1. The van der Waals surface area contributed by atoms with E-state index in [2.05, 4.69) is 46.8 Å². The molecule has 0 fully saturated rings.